The number of nitrogens with zero attached hydrogens (tertiary/aromatic N) is 1. The molecule has 0 aliphatic carbocycles. The first-order valence-corrected chi connectivity index (χ1v) is 6.17. The molecule has 1 aliphatic rings. The lowest BCUT2D eigenvalue weighted by Gasteiger charge is -2.16. The number of aromatic nitrogens is 2. The maximum atomic E-state index is 11.7. The standard InChI is InChI=1S/C12H16N2O6/c1-6-4-14(12(18)13-11(6)17)10-3-8(16)9(20-10)5-19-7(2)15/h4,8-10,16H,3,5H2,1-2H3,(H,13,17,18)/t8-,9-,10-/m1/s1. The van der Waals surface area contributed by atoms with Gasteiger partial charge in [-0.05, 0) is 6.92 Å². The van der Waals surface area contributed by atoms with Gasteiger partial charge in [0.15, 0.2) is 0 Å². The van der Waals surface area contributed by atoms with Crippen LogP contribution in [0.1, 0.15) is 25.1 Å². The lowest BCUT2D eigenvalue weighted by atomic mass is 10.2. The topological polar surface area (TPSA) is 111 Å². The van der Waals surface area contributed by atoms with E-state index in [2.05, 4.69) is 4.98 Å². The normalized spacial score (nSPS) is 25.6. The zero-order chi connectivity index (χ0) is 14.9. The first-order valence-electron chi connectivity index (χ1n) is 6.17. The molecule has 8 nitrogen and oxygen atoms in total. The Kier molecular flexibility index (Phi) is 4.05. The maximum absolute atomic E-state index is 11.7. The Bertz CT molecular complexity index is 619. The molecular weight excluding hydrogens is 268 g/mol. The molecular formula is C12H16N2O6. The van der Waals surface area contributed by atoms with Crippen LogP contribution in [-0.2, 0) is 14.3 Å². The molecule has 1 aromatic heterocycles. The number of carbonyl (C=O) groups excluding carboxylic acids is 1. The van der Waals surface area contributed by atoms with Gasteiger partial charge in [0, 0.05) is 25.1 Å². The van der Waals surface area contributed by atoms with Crippen LogP contribution in [0, 0.1) is 6.92 Å². The van der Waals surface area contributed by atoms with Crippen molar-refractivity contribution in [3.8, 4) is 0 Å². The molecule has 2 rings (SSSR count). The van der Waals surface area contributed by atoms with E-state index in [0.29, 0.717) is 5.56 Å². The van der Waals surface area contributed by atoms with Gasteiger partial charge in [0.05, 0.1) is 6.10 Å². The predicted molar refractivity (Wildman–Crippen MR) is 67.2 cm³/mol. The molecule has 1 saturated heterocycles. The van der Waals surface area contributed by atoms with Crippen molar-refractivity contribution >= 4 is 5.97 Å². The van der Waals surface area contributed by atoms with Gasteiger partial charge in [-0.3, -0.25) is 19.1 Å². The summed E-state index contributed by atoms with van der Waals surface area (Å²) in [5.74, 6) is -0.471. The average molecular weight is 284 g/mol. The number of hydrogen-bond acceptors (Lipinski definition) is 6. The molecule has 2 heterocycles. The summed E-state index contributed by atoms with van der Waals surface area (Å²) < 4.78 is 11.5. The molecule has 110 valence electrons. The number of aromatic amines is 1. The van der Waals surface area contributed by atoms with Crippen LogP contribution >= 0.6 is 0 Å². The van der Waals surface area contributed by atoms with E-state index in [0.717, 1.165) is 0 Å². The lowest BCUT2D eigenvalue weighted by Crippen LogP contribution is -2.33. The van der Waals surface area contributed by atoms with E-state index in [1.807, 2.05) is 0 Å². The van der Waals surface area contributed by atoms with Crippen molar-refractivity contribution < 1.29 is 19.4 Å². The monoisotopic (exact) mass is 284 g/mol. The number of rotatable bonds is 3. The summed E-state index contributed by atoms with van der Waals surface area (Å²) in [6.45, 7) is 2.75. The van der Waals surface area contributed by atoms with Crippen LogP contribution < -0.4 is 11.2 Å². The number of hydrogen-bond donors (Lipinski definition) is 2. The lowest BCUT2D eigenvalue weighted by molar-refractivity contribution is -0.147. The van der Waals surface area contributed by atoms with E-state index < -0.39 is 35.7 Å². The first kappa shape index (κ1) is 14.5. The second kappa shape index (κ2) is 5.59. The van der Waals surface area contributed by atoms with Gasteiger partial charge in [-0.25, -0.2) is 4.79 Å². The van der Waals surface area contributed by atoms with Crippen molar-refractivity contribution in [2.75, 3.05) is 6.61 Å². The zero-order valence-corrected chi connectivity index (χ0v) is 11.2. The maximum Gasteiger partial charge on any atom is 0.330 e. The van der Waals surface area contributed by atoms with Gasteiger partial charge in [-0.1, -0.05) is 0 Å². The fourth-order valence-electron chi connectivity index (χ4n) is 2.04. The molecule has 1 aromatic rings. The molecule has 3 atom stereocenters. The van der Waals surface area contributed by atoms with E-state index in [1.165, 1.54) is 17.7 Å². The van der Waals surface area contributed by atoms with Crippen LogP contribution in [0.3, 0.4) is 0 Å². The third kappa shape index (κ3) is 2.97. The van der Waals surface area contributed by atoms with Gasteiger partial charge < -0.3 is 14.6 Å². The summed E-state index contributed by atoms with van der Waals surface area (Å²) in [7, 11) is 0. The summed E-state index contributed by atoms with van der Waals surface area (Å²) >= 11 is 0. The fourth-order valence-corrected chi connectivity index (χ4v) is 2.04. The van der Waals surface area contributed by atoms with E-state index in [4.69, 9.17) is 9.47 Å². The predicted octanol–water partition coefficient (Wildman–Crippen LogP) is -0.943. The zero-order valence-electron chi connectivity index (χ0n) is 11.2. The number of carbonyl (C=O) groups is 1. The Hall–Kier alpha value is -1.93. The highest BCUT2D eigenvalue weighted by Gasteiger charge is 2.36. The average Bonchev–Trinajstić information content (AvgIpc) is 2.72. The molecule has 0 radical (unpaired) electrons. The Morgan fingerprint density at radius 3 is 2.95 bits per heavy atom. The van der Waals surface area contributed by atoms with Crippen LogP contribution in [0.5, 0.6) is 0 Å². The smallest absolute Gasteiger partial charge is 0.330 e. The molecule has 0 spiro atoms. The molecule has 0 bridgehead atoms. The van der Waals surface area contributed by atoms with Crippen molar-refractivity contribution in [2.24, 2.45) is 0 Å². The largest absolute Gasteiger partial charge is 0.463 e. The Morgan fingerprint density at radius 2 is 2.30 bits per heavy atom. The summed E-state index contributed by atoms with van der Waals surface area (Å²) in [6.07, 6.45) is -0.681. The molecule has 20 heavy (non-hydrogen) atoms. The second-order valence-corrected chi connectivity index (χ2v) is 4.71. The Labute approximate surface area is 114 Å². The quantitative estimate of drug-likeness (QED) is 0.693. The van der Waals surface area contributed by atoms with Crippen molar-refractivity contribution in [1.29, 1.82) is 0 Å². The number of aryl methyl sites for hydroxylation is 1. The highest BCUT2D eigenvalue weighted by Crippen LogP contribution is 2.27. The SMILES string of the molecule is CC(=O)OC[C@H]1O[C@@H](n2cc(C)c(=O)[nH]c2=O)C[C@H]1O. The number of aliphatic hydroxyl groups is 1. The number of esters is 1. The van der Waals surface area contributed by atoms with Crippen molar-refractivity contribution in [2.45, 2.75) is 38.7 Å². The second-order valence-electron chi connectivity index (χ2n) is 4.71. The van der Waals surface area contributed by atoms with E-state index in [1.54, 1.807) is 6.92 Å². The summed E-state index contributed by atoms with van der Waals surface area (Å²) in [4.78, 5) is 35.9. The van der Waals surface area contributed by atoms with Crippen LogP contribution in [0.2, 0.25) is 0 Å². The molecule has 8 heteroatoms. The highest BCUT2D eigenvalue weighted by molar-refractivity contribution is 5.65. The number of aliphatic hydroxyl groups excluding tert-OH is 1. The van der Waals surface area contributed by atoms with Gasteiger partial charge in [0.2, 0.25) is 0 Å². The summed E-state index contributed by atoms with van der Waals surface area (Å²) in [5.41, 5.74) is -0.696. The van der Waals surface area contributed by atoms with Gasteiger partial charge in [-0.2, -0.15) is 0 Å². The van der Waals surface area contributed by atoms with Crippen molar-refractivity contribution in [1.82, 2.24) is 9.55 Å². The summed E-state index contributed by atoms with van der Waals surface area (Å²) in [5, 5.41) is 9.84. The molecule has 0 amide bonds. The third-order valence-electron chi connectivity index (χ3n) is 3.11. The number of nitrogens with one attached hydrogen (secondary N) is 1. The number of H-pyrrole nitrogens is 1. The van der Waals surface area contributed by atoms with Gasteiger partial charge in [0.25, 0.3) is 5.56 Å². The van der Waals surface area contributed by atoms with E-state index in [-0.39, 0.29) is 13.0 Å². The van der Waals surface area contributed by atoms with E-state index >= 15 is 0 Å². The van der Waals surface area contributed by atoms with Gasteiger partial charge in [-0.15, -0.1) is 0 Å². The minimum absolute atomic E-state index is 0.0793. The van der Waals surface area contributed by atoms with Gasteiger partial charge >= 0.3 is 11.7 Å². The molecule has 2 N–H and O–H groups in total. The van der Waals surface area contributed by atoms with Crippen LogP contribution in [0.15, 0.2) is 15.8 Å². The minimum Gasteiger partial charge on any atom is -0.463 e. The van der Waals surface area contributed by atoms with E-state index in [9.17, 15) is 19.5 Å². The van der Waals surface area contributed by atoms with Gasteiger partial charge in [0.1, 0.15) is 18.9 Å². The highest BCUT2D eigenvalue weighted by atomic mass is 16.6. The first-order chi connectivity index (χ1) is 9.38. The molecule has 0 aromatic carbocycles. The summed E-state index contributed by atoms with van der Waals surface area (Å²) in [6, 6.07) is 0. The van der Waals surface area contributed by atoms with Crippen LogP contribution in [0.4, 0.5) is 0 Å². The molecule has 0 saturated carbocycles. The Morgan fingerprint density at radius 1 is 1.60 bits per heavy atom. The fraction of sp³-hybridized carbons (Fsp3) is 0.583. The van der Waals surface area contributed by atoms with Crippen molar-refractivity contribution in [3.05, 3.63) is 32.6 Å². The van der Waals surface area contributed by atoms with Crippen LogP contribution in [-0.4, -0.2) is 39.4 Å². The van der Waals surface area contributed by atoms with Crippen molar-refractivity contribution in [3.63, 3.8) is 0 Å². The molecule has 1 fully saturated rings. The third-order valence-corrected chi connectivity index (χ3v) is 3.11. The molecule has 0 unspecified atom stereocenters. The van der Waals surface area contributed by atoms with Crippen LogP contribution in [0.25, 0.3) is 0 Å². The minimum atomic E-state index is -0.849. The number of ether oxygens (including phenoxy) is 2. The molecule has 1 aliphatic heterocycles. The Balaban J connectivity index is 2.16.